The average molecular weight is 366 g/mol. The second kappa shape index (κ2) is 20.8. The minimum Gasteiger partial charge on any atom is -0.389 e. The predicted octanol–water partition coefficient (Wildman–Crippen LogP) is 8.79. The van der Waals surface area contributed by atoms with E-state index in [-0.39, 0.29) is 0 Å². The summed E-state index contributed by atoms with van der Waals surface area (Å²) in [5.41, 5.74) is 1.34. The highest BCUT2D eigenvalue weighted by Gasteiger charge is 2.12. The molecular weight excluding hydrogens is 314 g/mol. The zero-order valence-electron chi connectivity index (χ0n) is 18.7. The third kappa shape index (κ3) is 17.0. The van der Waals surface area contributed by atoms with E-state index in [0.29, 0.717) is 5.92 Å². The van der Waals surface area contributed by atoms with Crippen LogP contribution in [0.25, 0.3) is 0 Å². The monoisotopic (exact) mass is 365 g/mol. The van der Waals surface area contributed by atoms with Crippen LogP contribution in [-0.4, -0.2) is 6.54 Å². The van der Waals surface area contributed by atoms with Gasteiger partial charge in [0.25, 0.3) is 0 Å². The van der Waals surface area contributed by atoms with Gasteiger partial charge in [0.05, 0.1) is 0 Å². The SMILES string of the molecule is C=C(NCCCCCC)C(CCCCCCCC)CCCCCCCC. The lowest BCUT2D eigenvalue weighted by atomic mass is 9.91. The fourth-order valence-electron chi connectivity index (χ4n) is 3.78. The number of hydrogen-bond acceptors (Lipinski definition) is 1. The van der Waals surface area contributed by atoms with Crippen LogP contribution in [-0.2, 0) is 0 Å². The maximum absolute atomic E-state index is 4.42. The Morgan fingerprint density at radius 1 is 0.577 bits per heavy atom. The van der Waals surface area contributed by atoms with Crippen LogP contribution in [0.15, 0.2) is 12.3 Å². The van der Waals surface area contributed by atoms with Crippen molar-refractivity contribution in [2.75, 3.05) is 6.54 Å². The van der Waals surface area contributed by atoms with Crippen molar-refractivity contribution in [2.45, 2.75) is 136 Å². The quantitative estimate of drug-likeness (QED) is 0.200. The molecule has 0 radical (unpaired) electrons. The van der Waals surface area contributed by atoms with Gasteiger partial charge in [0, 0.05) is 12.2 Å². The second-order valence-corrected chi connectivity index (χ2v) is 8.32. The molecule has 0 aliphatic heterocycles. The van der Waals surface area contributed by atoms with Crippen molar-refractivity contribution in [3.63, 3.8) is 0 Å². The first-order valence-electron chi connectivity index (χ1n) is 12.2. The average Bonchev–Trinajstić information content (AvgIpc) is 2.65. The maximum Gasteiger partial charge on any atom is 0.0143 e. The molecule has 0 saturated heterocycles. The van der Waals surface area contributed by atoms with E-state index >= 15 is 0 Å². The van der Waals surface area contributed by atoms with Crippen molar-refractivity contribution < 1.29 is 0 Å². The topological polar surface area (TPSA) is 12.0 Å². The summed E-state index contributed by atoms with van der Waals surface area (Å²) < 4.78 is 0. The van der Waals surface area contributed by atoms with Crippen molar-refractivity contribution >= 4 is 0 Å². The van der Waals surface area contributed by atoms with Gasteiger partial charge in [0.15, 0.2) is 0 Å². The summed E-state index contributed by atoms with van der Waals surface area (Å²) in [5, 5.41) is 3.67. The molecule has 0 fully saturated rings. The van der Waals surface area contributed by atoms with Crippen LogP contribution >= 0.6 is 0 Å². The molecule has 0 rings (SSSR count). The van der Waals surface area contributed by atoms with Crippen molar-refractivity contribution in [1.82, 2.24) is 5.32 Å². The van der Waals surface area contributed by atoms with Gasteiger partial charge in [-0.05, 0) is 25.2 Å². The summed E-state index contributed by atoms with van der Waals surface area (Å²) in [6.45, 7) is 12.4. The van der Waals surface area contributed by atoms with E-state index in [1.807, 2.05) is 0 Å². The lowest BCUT2D eigenvalue weighted by molar-refractivity contribution is 0.428. The van der Waals surface area contributed by atoms with Gasteiger partial charge in [-0.3, -0.25) is 0 Å². The molecular formula is C25H51N. The number of hydrogen-bond donors (Lipinski definition) is 1. The third-order valence-corrected chi connectivity index (χ3v) is 5.69. The van der Waals surface area contributed by atoms with Crippen molar-refractivity contribution in [3.8, 4) is 0 Å². The van der Waals surface area contributed by atoms with Crippen LogP contribution in [0.2, 0.25) is 0 Å². The molecule has 1 nitrogen and oxygen atoms in total. The Morgan fingerprint density at radius 2 is 0.962 bits per heavy atom. The third-order valence-electron chi connectivity index (χ3n) is 5.69. The van der Waals surface area contributed by atoms with E-state index in [4.69, 9.17) is 0 Å². The number of rotatable bonds is 21. The van der Waals surface area contributed by atoms with Crippen LogP contribution < -0.4 is 5.32 Å². The molecule has 1 N–H and O–H groups in total. The first kappa shape index (κ1) is 25.5. The molecule has 0 aromatic rings. The molecule has 0 unspecified atom stereocenters. The fourth-order valence-corrected chi connectivity index (χ4v) is 3.78. The van der Waals surface area contributed by atoms with Gasteiger partial charge >= 0.3 is 0 Å². The lowest BCUT2D eigenvalue weighted by Gasteiger charge is -2.21. The Bertz CT molecular complexity index is 268. The molecule has 0 saturated carbocycles. The van der Waals surface area contributed by atoms with E-state index in [9.17, 15) is 0 Å². The van der Waals surface area contributed by atoms with E-state index in [2.05, 4.69) is 32.7 Å². The van der Waals surface area contributed by atoms with Crippen LogP contribution in [0, 0.1) is 5.92 Å². The van der Waals surface area contributed by atoms with Gasteiger partial charge in [-0.1, -0.05) is 124 Å². The van der Waals surface area contributed by atoms with E-state index < -0.39 is 0 Å². The molecule has 0 aliphatic rings. The molecule has 0 aromatic heterocycles. The highest BCUT2D eigenvalue weighted by molar-refractivity contribution is 4.98. The minimum atomic E-state index is 0.707. The van der Waals surface area contributed by atoms with Gasteiger partial charge in [0.1, 0.15) is 0 Å². The largest absolute Gasteiger partial charge is 0.389 e. The summed E-state index contributed by atoms with van der Waals surface area (Å²) in [5.74, 6) is 0.707. The van der Waals surface area contributed by atoms with Crippen molar-refractivity contribution in [2.24, 2.45) is 5.92 Å². The van der Waals surface area contributed by atoms with Gasteiger partial charge in [-0.2, -0.15) is 0 Å². The summed E-state index contributed by atoms with van der Waals surface area (Å²) in [6.07, 6.45) is 24.9. The molecule has 0 bridgehead atoms. The Hall–Kier alpha value is -0.460. The van der Waals surface area contributed by atoms with Crippen LogP contribution in [0.4, 0.5) is 0 Å². The Kier molecular flexibility index (Phi) is 20.5. The molecule has 0 atom stereocenters. The highest BCUT2D eigenvalue weighted by Crippen LogP contribution is 2.23. The zero-order chi connectivity index (χ0) is 19.3. The molecule has 26 heavy (non-hydrogen) atoms. The summed E-state index contributed by atoms with van der Waals surface area (Å²) >= 11 is 0. The van der Waals surface area contributed by atoms with Gasteiger partial charge in [-0.25, -0.2) is 0 Å². The molecule has 0 heterocycles. The molecule has 0 aliphatic carbocycles. The van der Waals surface area contributed by atoms with Gasteiger partial charge in [0.2, 0.25) is 0 Å². The fraction of sp³-hybridized carbons (Fsp3) is 0.920. The summed E-state index contributed by atoms with van der Waals surface area (Å²) in [4.78, 5) is 0. The number of unbranched alkanes of at least 4 members (excludes halogenated alkanes) is 13. The minimum absolute atomic E-state index is 0.707. The lowest BCUT2D eigenvalue weighted by Crippen LogP contribution is -2.21. The molecule has 0 amide bonds. The Morgan fingerprint density at radius 3 is 1.42 bits per heavy atom. The second-order valence-electron chi connectivity index (χ2n) is 8.32. The smallest absolute Gasteiger partial charge is 0.0143 e. The summed E-state index contributed by atoms with van der Waals surface area (Å²) in [7, 11) is 0. The van der Waals surface area contributed by atoms with Crippen LogP contribution in [0.5, 0.6) is 0 Å². The van der Waals surface area contributed by atoms with Gasteiger partial charge < -0.3 is 5.32 Å². The maximum atomic E-state index is 4.42. The normalized spacial score (nSPS) is 11.2. The standard InChI is InChI=1S/C25H51N/c1-5-8-11-14-16-18-21-25(22-19-17-15-12-9-6-2)24(4)26-23-20-13-10-7-3/h25-26H,4-23H2,1-3H3. The van der Waals surface area contributed by atoms with E-state index in [0.717, 1.165) is 6.54 Å². The molecule has 156 valence electrons. The Balaban J connectivity index is 4.02. The highest BCUT2D eigenvalue weighted by atomic mass is 14.9. The van der Waals surface area contributed by atoms with Gasteiger partial charge in [-0.15, -0.1) is 0 Å². The number of nitrogens with one attached hydrogen (secondary N) is 1. The van der Waals surface area contributed by atoms with E-state index in [1.165, 1.54) is 121 Å². The zero-order valence-corrected chi connectivity index (χ0v) is 18.7. The van der Waals surface area contributed by atoms with Crippen LogP contribution in [0.1, 0.15) is 136 Å². The van der Waals surface area contributed by atoms with Crippen molar-refractivity contribution in [3.05, 3.63) is 12.3 Å². The first-order valence-corrected chi connectivity index (χ1v) is 12.2. The molecule has 0 aromatic carbocycles. The Labute approximate surface area is 166 Å². The summed E-state index contributed by atoms with van der Waals surface area (Å²) in [6, 6.07) is 0. The molecule has 1 heteroatoms. The van der Waals surface area contributed by atoms with Crippen molar-refractivity contribution in [1.29, 1.82) is 0 Å². The first-order chi connectivity index (χ1) is 12.8. The predicted molar refractivity (Wildman–Crippen MR) is 121 cm³/mol. The number of allylic oxidation sites excluding steroid dienone is 1. The van der Waals surface area contributed by atoms with Crippen LogP contribution in [0.3, 0.4) is 0 Å². The molecule has 0 spiro atoms. The van der Waals surface area contributed by atoms with E-state index in [1.54, 1.807) is 0 Å².